The molecule has 0 heterocycles. The Kier molecular flexibility index (Phi) is 5.92. The molecule has 4 bridgehead atoms. The second kappa shape index (κ2) is 7.30. The third kappa shape index (κ3) is 4.11. The van der Waals surface area contributed by atoms with Gasteiger partial charge in [0, 0.05) is 20.2 Å². The smallest absolute Gasteiger partial charge is 0.233 e. The van der Waals surface area contributed by atoms with Gasteiger partial charge in [0.15, 0.2) is 0 Å². The molecule has 4 saturated carbocycles. The number of ether oxygens (including phenoxy) is 1. The van der Waals surface area contributed by atoms with Crippen molar-refractivity contribution in [2.45, 2.75) is 38.5 Å². The van der Waals surface area contributed by atoms with Gasteiger partial charge in [-0.2, -0.15) is 0 Å². The molecule has 4 nitrogen and oxygen atoms in total. The number of carbonyl (C=O) groups is 1. The van der Waals surface area contributed by atoms with Crippen molar-refractivity contribution in [3.8, 4) is 0 Å². The molecule has 4 rings (SSSR count). The van der Waals surface area contributed by atoms with E-state index in [1.54, 1.807) is 7.11 Å². The predicted molar refractivity (Wildman–Crippen MR) is 78.4 cm³/mol. The summed E-state index contributed by atoms with van der Waals surface area (Å²) in [5.41, 5.74) is 0.441. The highest BCUT2D eigenvalue weighted by atomic mass is 35.5. The van der Waals surface area contributed by atoms with Crippen LogP contribution < -0.4 is 23.0 Å². The molecule has 0 radical (unpaired) electrons. The molecule has 0 atom stereocenters. The molecule has 1 amide bonds. The lowest BCUT2D eigenvalue weighted by molar-refractivity contribution is -0.122. The fourth-order valence-corrected chi connectivity index (χ4v) is 5.23. The molecule has 0 spiro atoms. The fraction of sp³-hybridized carbons (Fsp3) is 0.938. The quantitative estimate of drug-likeness (QED) is 0.566. The van der Waals surface area contributed by atoms with Gasteiger partial charge in [0.1, 0.15) is 0 Å². The summed E-state index contributed by atoms with van der Waals surface area (Å²) in [5, 5.41) is 6.28. The van der Waals surface area contributed by atoms with Crippen molar-refractivity contribution < 1.29 is 21.9 Å². The second-order valence-electron chi connectivity index (χ2n) is 7.36. The van der Waals surface area contributed by atoms with E-state index < -0.39 is 0 Å². The zero-order chi connectivity index (χ0) is 14.0. The Hall–Kier alpha value is -0.320. The van der Waals surface area contributed by atoms with E-state index in [0.29, 0.717) is 18.6 Å². The van der Waals surface area contributed by atoms with Crippen molar-refractivity contribution in [3.63, 3.8) is 0 Å². The fourth-order valence-electron chi connectivity index (χ4n) is 5.23. The molecule has 5 heteroatoms. The summed E-state index contributed by atoms with van der Waals surface area (Å²) in [6.07, 6.45) is 8.46. The maximum atomic E-state index is 11.9. The van der Waals surface area contributed by atoms with Crippen LogP contribution in [0.3, 0.4) is 0 Å². The Morgan fingerprint density at radius 3 is 2.24 bits per heavy atom. The minimum atomic E-state index is 0. The first-order valence-electron chi connectivity index (χ1n) is 8.15. The highest BCUT2D eigenvalue weighted by molar-refractivity contribution is 5.78. The maximum Gasteiger partial charge on any atom is 0.233 e. The van der Waals surface area contributed by atoms with Crippen LogP contribution in [0.25, 0.3) is 0 Å². The second-order valence-corrected chi connectivity index (χ2v) is 7.36. The highest BCUT2D eigenvalue weighted by Crippen LogP contribution is 2.59. The maximum absolute atomic E-state index is 11.9. The van der Waals surface area contributed by atoms with Crippen molar-refractivity contribution in [2.75, 3.05) is 33.4 Å². The third-order valence-corrected chi connectivity index (χ3v) is 5.59. The summed E-state index contributed by atoms with van der Waals surface area (Å²) in [6.45, 7) is 2.71. The lowest BCUT2D eigenvalue weighted by Crippen LogP contribution is -3.00. The van der Waals surface area contributed by atoms with Gasteiger partial charge in [0.2, 0.25) is 5.91 Å². The molecule has 4 aliphatic carbocycles. The summed E-state index contributed by atoms with van der Waals surface area (Å²) in [4.78, 5) is 11.9. The van der Waals surface area contributed by atoms with Gasteiger partial charge in [-0.25, -0.2) is 0 Å². The van der Waals surface area contributed by atoms with Crippen LogP contribution in [-0.2, 0) is 9.53 Å². The number of halogens is 1. The van der Waals surface area contributed by atoms with Gasteiger partial charge in [-0.3, -0.25) is 4.79 Å². The van der Waals surface area contributed by atoms with Gasteiger partial charge >= 0.3 is 0 Å². The Morgan fingerprint density at radius 1 is 1.14 bits per heavy atom. The topological polar surface area (TPSA) is 50.4 Å². The van der Waals surface area contributed by atoms with Crippen LogP contribution in [0, 0.1) is 23.2 Å². The van der Waals surface area contributed by atoms with Gasteiger partial charge in [-0.05, 0) is 61.7 Å². The molecule has 0 aromatic heterocycles. The average Bonchev–Trinajstić information content (AvgIpc) is 2.40. The van der Waals surface area contributed by atoms with Crippen LogP contribution in [0.1, 0.15) is 38.5 Å². The van der Waals surface area contributed by atoms with E-state index in [2.05, 4.69) is 10.6 Å². The van der Waals surface area contributed by atoms with Crippen LogP contribution >= 0.6 is 0 Å². The molecule has 21 heavy (non-hydrogen) atoms. The molecule has 0 aromatic rings. The number of hydrogen-bond acceptors (Lipinski definition) is 3. The van der Waals surface area contributed by atoms with Crippen molar-refractivity contribution in [2.24, 2.45) is 23.2 Å². The molecule has 0 aromatic carbocycles. The van der Waals surface area contributed by atoms with Gasteiger partial charge in [-0.15, -0.1) is 0 Å². The minimum Gasteiger partial charge on any atom is -1.00 e. The van der Waals surface area contributed by atoms with E-state index in [0.717, 1.165) is 30.8 Å². The standard InChI is InChI=1S/C16H28N2O2.ClH/c1-20-3-2-17-10-15(19)18-11-16-7-12-4-13(8-16)6-14(5-12)9-16;/h12-14,17H,2-11H2,1H3,(H,18,19);1H/p-1. The summed E-state index contributed by atoms with van der Waals surface area (Å²) in [5.74, 6) is 3.01. The van der Waals surface area contributed by atoms with Crippen LogP contribution in [0.4, 0.5) is 0 Å². The van der Waals surface area contributed by atoms with Gasteiger partial charge in [-0.1, -0.05) is 0 Å². The Balaban J connectivity index is 0.00000161. The zero-order valence-electron chi connectivity index (χ0n) is 13.0. The van der Waals surface area contributed by atoms with Crippen molar-refractivity contribution in [1.82, 2.24) is 10.6 Å². The first kappa shape index (κ1) is 17.0. The van der Waals surface area contributed by atoms with Crippen molar-refractivity contribution >= 4 is 5.91 Å². The number of rotatable bonds is 7. The Labute approximate surface area is 134 Å². The van der Waals surface area contributed by atoms with E-state index in [4.69, 9.17) is 4.74 Å². The SMILES string of the molecule is COCCNCC(=O)NCC12CC3CC(CC(C3)C1)C2.[Cl-]. The lowest BCUT2D eigenvalue weighted by Gasteiger charge is -2.56. The number of amides is 1. The summed E-state index contributed by atoms with van der Waals surface area (Å²) < 4.78 is 4.95. The normalized spacial score (nSPS) is 36.3. The van der Waals surface area contributed by atoms with Crippen LogP contribution in [0.15, 0.2) is 0 Å². The van der Waals surface area contributed by atoms with Crippen LogP contribution in [0.5, 0.6) is 0 Å². The molecule has 2 N–H and O–H groups in total. The third-order valence-electron chi connectivity index (χ3n) is 5.59. The van der Waals surface area contributed by atoms with Crippen LogP contribution in [0.2, 0.25) is 0 Å². The van der Waals surface area contributed by atoms with Crippen molar-refractivity contribution in [1.29, 1.82) is 0 Å². The van der Waals surface area contributed by atoms with E-state index in [1.165, 1.54) is 38.5 Å². The number of hydrogen-bond donors (Lipinski definition) is 2. The van der Waals surface area contributed by atoms with E-state index in [-0.39, 0.29) is 18.3 Å². The lowest BCUT2D eigenvalue weighted by atomic mass is 9.49. The molecule has 0 unspecified atom stereocenters. The number of methoxy groups -OCH3 is 1. The predicted octanol–water partition coefficient (Wildman–Crippen LogP) is -1.44. The Morgan fingerprint density at radius 2 is 1.71 bits per heavy atom. The highest BCUT2D eigenvalue weighted by Gasteiger charge is 2.50. The molecular formula is C16H28ClN2O2-. The summed E-state index contributed by atoms with van der Waals surface area (Å²) >= 11 is 0. The van der Waals surface area contributed by atoms with Crippen molar-refractivity contribution in [3.05, 3.63) is 0 Å². The molecule has 4 aliphatic rings. The van der Waals surface area contributed by atoms with Gasteiger partial charge in [0.25, 0.3) is 0 Å². The molecular weight excluding hydrogens is 288 g/mol. The number of carbonyl (C=O) groups excluding carboxylic acids is 1. The molecule has 0 aliphatic heterocycles. The van der Waals surface area contributed by atoms with Gasteiger partial charge < -0.3 is 27.8 Å². The molecule has 122 valence electrons. The van der Waals surface area contributed by atoms with E-state index in [1.807, 2.05) is 0 Å². The van der Waals surface area contributed by atoms with E-state index >= 15 is 0 Å². The number of nitrogens with one attached hydrogen (secondary N) is 2. The van der Waals surface area contributed by atoms with Gasteiger partial charge in [0.05, 0.1) is 13.2 Å². The summed E-state index contributed by atoms with van der Waals surface area (Å²) in [6, 6.07) is 0. The first-order chi connectivity index (χ1) is 9.69. The first-order valence-corrected chi connectivity index (χ1v) is 8.15. The van der Waals surface area contributed by atoms with E-state index in [9.17, 15) is 4.79 Å². The van der Waals surface area contributed by atoms with Crippen LogP contribution in [-0.4, -0.2) is 39.3 Å². The average molecular weight is 316 g/mol. The zero-order valence-corrected chi connectivity index (χ0v) is 13.8. The Bertz CT molecular complexity index is 327. The monoisotopic (exact) mass is 315 g/mol. The molecule has 0 saturated heterocycles. The molecule has 4 fully saturated rings. The minimum absolute atomic E-state index is 0. The summed E-state index contributed by atoms with van der Waals surface area (Å²) in [7, 11) is 1.68. The largest absolute Gasteiger partial charge is 1.00 e.